The van der Waals surface area contributed by atoms with Crippen LogP contribution in [0.5, 0.6) is 0 Å². The average Bonchev–Trinajstić information content (AvgIpc) is 2.60. The largest absolute Gasteiger partial charge is 0.351 e. The Kier molecular flexibility index (Phi) is 5.61. The van der Waals surface area contributed by atoms with Crippen LogP contribution in [0.1, 0.15) is 22.3 Å². The summed E-state index contributed by atoms with van der Waals surface area (Å²) in [7, 11) is -3.28. The van der Waals surface area contributed by atoms with E-state index < -0.39 is 10.0 Å². The standard InChI is InChI=1S/C17H26N4O3S/c1-25(23,24)21-9-2-3-14-13-15(4-5-16(14)21)17(22)19-8-12-20-10-6-18-7-11-20/h4-5,13,18H,2-3,6-12H2,1H3,(H,19,22). The number of aryl methyl sites for hydroxylation is 1. The third kappa shape index (κ3) is 4.50. The van der Waals surface area contributed by atoms with Crippen LogP contribution in [0.25, 0.3) is 0 Å². The van der Waals surface area contributed by atoms with Gasteiger partial charge in [0.1, 0.15) is 0 Å². The Labute approximate surface area is 149 Å². The number of fused-ring (bicyclic) bond motifs is 1. The molecule has 25 heavy (non-hydrogen) atoms. The number of hydrogen-bond donors (Lipinski definition) is 2. The first-order valence-corrected chi connectivity index (χ1v) is 10.6. The van der Waals surface area contributed by atoms with Gasteiger partial charge < -0.3 is 10.6 Å². The number of sulfonamides is 1. The van der Waals surface area contributed by atoms with Crippen molar-refractivity contribution in [3.8, 4) is 0 Å². The van der Waals surface area contributed by atoms with Crippen LogP contribution in [0.4, 0.5) is 5.69 Å². The Hall–Kier alpha value is -1.64. The second-order valence-corrected chi connectivity index (χ2v) is 8.54. The predicted molar refractivity (Wildman–Crippen MR) is 98.6 cm³/mol. The summed E-state index contributed by atoms with van der Waals surface area (Å²) in [5.41, 5.74) is 2.21. The van der Waals surface area contributed by atoms with E-state index >= 15 is 0 Å². The molecular formula is C17H26N4O3S. The number of piperazine rings is 1. The summed E-state index contributed by atoms with van der Waals surface area (Å²) < 4.78 is 25.2. The number of hydrogen-bond acceptors (Lipinski definition) is 5. The molecule has 0 aromatic heterocycles. The Morgan fingerprint density at radius 2 is 2.00 bits per heavy atom. The second-order valence-electron chi connectivity index (χ2n) is 6.63. The average molecular weight is 366 g/mol. The highest BCUT2D eigenvalue weighted by Crippen LogP contribution is 2.29. The molecule has 1 aromatic carbocycles. The summed E-state index contributed by atoms with van der Waals surface area (Å²) in [6.07, 6.45) is 2.79. The van der Waals surface area contributed by atoms with Gasteiger partial charge in [0.2, 0.25) is 10.0 Å². The van der Waals surface area contributed by atoms with E-state index in [0.29, 0.717) is 24.3 Å². The van der Waals surface area contributed by atoms with Gasteiger partial charge in [-0.15, -0.1) is 0 Å². The first-order valence-electron chi connectivity index (χ1n) is 8.77. The molecule has 2 heterocycles. The molecule has 1 aromatic rings. The molecule has 0 bridgehead atoms. The number of nitrogens with zero attached hydrogens (tertiary/aromatic N) is 2. The number of carbonyl (C=O) groups is 1. The molecule has 2 N–H and O–H groups in total. The Morgan fingerprint density at radius 3 is 2.72 bits per heavy atom. The van der Waals surface area contributed by atoms with Crippen molar-refractivity contribution in [3.05, 3.63) is 29.3 Å². The van der Waals surface area contributed by atoms with E-state index in [1.165, 1.54) is 10.6 Å². The Balaban J connectivity index is 1.62. The summed E-state index contributed by atoms with van der Waals surface area (Å²) in [6, 6.07) is 5.29. The molecule has 2 aliphatic rings. The smallest absolute Gasteiger partial charge is 0.251 e. The molecule has 7 nitrogen and oxygen atoms in total. The van der Waals surface area contributed by atoms with Crippen LogP contribution in [0.15, 0.2) is 18.2 Å². The van der Waals surface area contributed by atoms with Crippen LogP contribution in [0, 0.1) is 0 Å². The Bertz CT molecular complexity index is 729. The highest BCUT2D eigenvalue weighted by molar-refractivity contribution is 7.92. The molecule has 2 aliphatic heterocycles. The fourth-order valence-corrected chi connectivity index (χ4v) is 4.41. The van der Waals surface area contributed by atoms with Crippen molar-refractivity contribution in [2.75, 3.05) is 56.4 Å². The molecule has 3 rings (SSSR count). The zero-order valence-electron chi connectivity index (χ0n) is 14.6. The van der Waals surface area contributed by atoms with Crippen molar-refractivity contribution in [2.45, 2.75) is 12.8 Å². The zero-order chi connectivity index (χ0) is 17.9. The highest BCUT2D eigenvalue weighted by Gasteiger charge is 2.24. The maximum absolute atomic E-state index is 12.4. The molecule has 8 heteroatoms. The van der Waals surface area contributed by atoms with Gasteiger partial charge in [-0.3, -0.25) is 14.0 Å². The number of carbonyl (C=O) groups excluding carboxylic acids is 1. The van der Waals surface area contributed by atoms with Crippen molar-refractivity contribution in [1.82, 2.24) is 15.5 Å². The maximum atomic E-state index is 12.4. The minimum Gasteiger partial charge on any atom is -0.351 e. The SMILES string of the molecule is CS(=O)(=O)N1CCCc2cc(C(=O)NCCN3CCNCC3)ccc21. The molecule has 1 amide bonds. The highest BCUT2D eigenvalue weighted by atomic mass is 32.2. The molecule has 1 saturated heterocycles. The first kappa shape index (κ1) is 18.2. The summed E-state index contributed by atoms with van der Waals surface area (Å²) >= 11 is 0. The quantitative estimate of drug-likeness (QED) is 0.769. The third-order valence-corrected chi connectivity index (χ3v) is 5.92. The minimum absolute atomic E-state index is 0.102. The van der Waals surface area contributed by atoms with Gasteiger partial charge in [0, 0.05) is 51.4 Å². The van der Waals surface area contributed by atoms with Gasteiger partial charge in [0.15, 0.2) is 0 Å². The zero-order valence-corrected chi connectivity index (χ0v) is 15.4. The molecule has 0 aliphatic carbocycles. The van der Waals surface area contributed by atoms with Crippen LogP contribution in [-0.4, -0.2) is 71.3 Å². The summed E-state index contributed by atoms with van der Waals surface area (Å²) in [6.45, 7) is 5.98. The summed E-state index contributed by atoms with van der Waals surface area (Å²) in [5, 5.41) is 6.27. The molecule has 0 saturated carbocycles. The van der Waals surface area contributed by atoms with E-state index in [-0.39, 0.29) is 5.91 Å². The van der Waals surface area contributed by atoms with Crippen molar-refractivity contribution >= 4 is 21.6 Å². The number of amides is 1. The van der Waals surface area contributed by atoms with Crippen molar-refractivity contribution in [3.63, 3.8) is 0 Å². The van der Waals surface area contributed by atoms with Gasteiger partial charge in [0.25, 0.3) is 5.91 Å². The first-order chi connectivity index (χ1) is 11.9. The van der Waals surface area contributed by atoms with Crippen molar-refractivity contribution < 1.29 is 13.2 Å². The van der Waals surface area contributed by atoms with Crippen LogP contribution in [0.3, 0.4) is 0 Å². The lowest BCUT2D eigenvalue weighted by Crippen LogP contribution is -2.46. The van der Waals surface area contributed by atoms with Gasteiger partial charge in [-0.1, -0.05) is 0 Å². The Morgan fingerprint density at radius 1 is 1.24 bits per heavy atom. The van der Waals surface area contributed by atoms with Crippen molar-refractivity contribution in [1.29, 1.82) is 0 Å². The molecule has 1 fully saturated rings. The lowest BCUT2D eigenvalue weighted by atomic mass is 10.0. The van der Waals surface area contributed by atoms with Gasteiger partial charge in [-0.05, 0) is 36.6 Å². The normalized spacial score (nSPS) is 18.7. The lowest BCUT2D eigenvalue weighted by molar-refractivity contribution is 0.0947. The van der Waals surface area contributed by atoms with Crippen LogP contribution >= 0.6 is 0 Å². The molecule has 0 atom stereocenters. The van der Waals surface area contributed by atoms with Gasteiger partial charge in [-0.25, -0.2) is 8.42 Å². The van der Waals surface area contributed by atoms with Crippen LogP contribution in [-0.2, 0) is 16.4 Å². The summed E-state index contributed by atoms with van der Waals surface area (Å²) in [4.78, 5) is 14.7. The monoisotopic (exact) mass is 366 g/mol. The molecule has 0 spiro atoms. The van der Waals surface area contributed by atoms with Gasteiger partial charge in [0.05, 0.1) is 11.9 Å². The van der Waals surface area contributed by atoms with E-state index in [0.717, 1.165) is 51.1 Å². The summed E-state index contributed by atoms with van der Waals surface area (Å²) in [5.74, 6) is -0.102. The second kappa shape index (κ2) is 7.72. The topological polar surface area (TPSA) is 81.8 Å². The lowest BCUT2D eigenvalue weighted by Gasteiger charge is -2.29. The fourth-order valence-electron chi connectivity index (χ4n) is 3.41. The molecule has 138 valence electrons. The van der Waals surface area contributed by atoms with Crippen LogP contribution in [0.2, 0.25) is 0 Å². The number of anilines is 1. The van der Waals surface area contributed by atoms with Gasteiger partial charge >= 0.3 is 0 Å². The van der Waals surface area contributed by atoms with Crippen molar-refractivity contribution in [2.24, 2.45) is 0 Å². The third-order valence-electron chi connectivity index (χ3n) is 4.74. The van der Waals surface area contributed by atoms with E-state index in [1.807, 2.05) is 6.07 Å². The number of nitrogens with one attached hydrogen (secondary N) is 2. The van der Waals surface area contributed by atoms with E-state index in [9.17, 15) is 13.2 Å². The van der Waals surface area contributed by atoms with E-state index in [2.05, 4.69) is 15.5 Å². The molecule has 0 unspecified atom stereocenters. The van der Waals surface area contributed by atoms with Crippen LogP contribution < -0.4 is 14.9 Å². The number of benzene rings is 1. The number of rotatable bonds is 5. The van der Waals surface area contributed by atoms with E-state index in [4.69, 9.17) is 0 Å². The maximum Gasteiger partial charge on any atom is 0.251 e. The predicted octanol–water partition coefficient (Wildman–Crippen LogP) is 0.0338. The minimum atomic E-state index is -3.28. The fraction of sp³-hybridized carbons (Fsp3) is 0.588. The van der Waals surface area contributed by atoms with Gasteiger partial charge in [-0.2, -0.15) is 0 Å². The van der Waals surface area contributed by atoms with E-state index in [1.54, 1.807) is 12.1 Å². The molecular weight excluding hydrogens is 340 g/mol. The molecule has 0 radical (unpaired) electrons.